The fraction of sp³-hybridized carbons (Fsp3) is 0.298. The van der Waals surface area contributed by atoms with Crippen molar-refractivity contribution in [1.82, 2.24) is 4.57 Å². The van der Waals surface area contributed by atoms with Gasteiger partial charge in [0.1, 0.15) is 11.9 Å². The fourth-order valence-electron chi connectivity index (χ4n) is 12.1. The predicted molar refractivity (Wildman–Crippen MR) is 253 cm³/mol. The highest BCUT2D eigenvalue weighted by Gasteiger charge is 2.43. The second-order valence-electron chi connectivity index (χ2n) is 18.7. The minimum Gasteiger partial charge on any atom is -0.489 e. The quantitative estimate of drug-likeness (QED) is 0.174. The Hall–Kier alpha value is -6.00. The maximum atomic E-state index is 6.83. The fourth-order valence-corrected chi connectivity index (χ4v) is 12.1. The van der Waals surface area contributed by atoms with E-state index in [1.165, 1.54) is 73.3 Å². The highest BCUT2D eigenvalue weighted by molar-refractivity contribution is 5.88. The summed E-state index contributed by atoms with van der Waals surface area (Å²) in [5.41, 5.74) is 18.0. The lowest BCUT2D eigenvalue weighted by Crippen LogP contribution is -2.37. The van der Waals surface area contributed by atoms with E-state index in [1.807, 2.05) is 0 Å². The molecule has 1 aliphatic heterocycles. The van der Waals surface area contributed by atoms with E-state index in [0.29, 0.717) is 12.0 Å². The molecule has 0 spiro atoms. The lowest BCUT2D eigenvalue weighted by molar-refractivity contribution is 0.119. The first-order chi connectivity index (χ1) is 30.0. The molecule has 7 aliphatic carbocycles. The molecular formula is C57H55N3O. The first kappa shape index (κ1) is 36.8. The molecule has 2 heterocycles. The summed E-state index contributed by atoms with van der Waals surface area (Å²) in [6.45, 7) is 4.85. The van der Waals surface area contributed by atoms with E-state index < -0.39 is 0 Å². The molecule has 0 radical (unpaired) electrons. The van der Waals surface area contributed by atoms with Crippen molar-refractivity contribution in [2.75, 3.05) is 9.80 Å². The first-order valence-corrected chi connectivity index (χ1v) is 23.0. The van der Waals surface area contributed by atoms with Crippen LogP contribution in [0.1, 0.15) is 111 Å². The van der Waals surface area contributed by atoms with Gasteiger partial charge in [0, 0.05) is 68.6 Å². The Morgan fingerprint density at radius 3 is 2.23 bits per heavy atom. The molecule has 5 atom stereocenters. The maximum Gasteiger partial charge on any atom is 0.136 e. The van der Waals surface area contributed by atoms with Crippen molar-refractivity contribution in [3.05, 3.63) is 202 Å². The highest BCUT2D eigenvalue weighted by Crippen LogP contribution is 2.54. The molecule has 0 bridgehead atoms. The van der Waals surface area contributed by atoms with Gasteiger partial charge in [-0.05, 0) is 117 Å². The minimum absolute atomic E-state index is 0.0298. The molecule has 4 heteroatoms. The lowest BCUT2D eigenvalue weighted by Gasteiger charge is -2.39. The molecule has 3 aromatic carbocycles. The summed E-state index contributed by atoms with van der Waals surface area (Å²) < 4.78 is 9.53. The van der Waals surface area contributed by atoms with E-state index in [2.05, 4.69) is 186 Å². The van der Waals surface area contributed by atoms with Gasteiger partial charge in [0.05, 0.1) is 18.1 Å². The zero-order chi connectivity index (χ0) is 40.7. The Labute approximate surface area is 361 Å². The topological polar surface area (TPSA) is 20.6 Å². The SMILES string of the molecule is CC1(C)C2=C(C=CCC2)c2ccc(N(c3ccccc3)C3C=CC(N(c4ccccc4)C4C=CC(n5c6c(c7c5CCC=C7)C5OC7=C(C=CCC7)C5C=C6)CC4)=CC3)cc21. The average Bonchev–Trinajstić information content (AvgIpc) is 3.94. The third-order valence-corrected chi connectivity index (χ3v) is 15.0. The van der Waals surface area contributed by atoms with Crippen molar-refractivity contribution >= 4 is 34.8 Å². The number of allylic oxidation sites excluding steroid dienone is 10. The smallest absolute Gasteiger partial charge is 0.136 e. The Morgan fingerprint density at radius 1 is 0.672 bits per heavy atom. The number of aromatic nitrogens is 1. The summed E-state index contributed by atoms with van der Waals surface area (Å²) in [6, 6.07) is 30.1. The van der Waals surface area contributed by atoms with Crippen molar-refractivity contribution in [2.45, 2.75) is 101 Å². The summed E-state index contributed by atoms with van der Waals surface area (Å²) >= 11 is 0. The summed E-state index contributed by atoms with van der Waals surface area (Å²) in [5, 5.41) is 0. The van der Waals surface area contributed by atoms with Gasteiger partial charge in [-0.2, -0.15) is 0 Å². The van der Waals surface area contributed by atoms with Crippen molar-refractivity contribution in [2.24, 2.45) is 5.92 Å². The van der Waals surface area contributed by atoms with E-state index in [1.54, 1.807) is 5.57 Å². The standard InChI is InChI=1S/C57H55N3O/c1-57(2)50-22-12-9-19-45(50)46-34-33-44(37-51(46)57)59(39-17-7-4-8-18-39)42-27-25-40(26-28-42)58(38-15-5-3-6-16-38)41-29-31-43(32-30-41)60-52-23-13-10-21-49(52)55-53(60)36-35-48-47-20-11-14-24-54(47)61-56(48)55/h3-11,15-21,25-27,29,31,33-37,41-43,48,56H,12-14,22-24,28,30,32H2,1-2H3. The molecule has 0 fully saturated rings. The second kappa shape index (κ2) is 14.6. The Bertz CT molecular complexity index is 2710. The predicted octanol–water partition coefficient (Wildman–Crippen LogP) is 14.0. The molecular weight excluding hydrogens is 743 g/mol. The highest BCUT2D eigenvalue weighted by atomic mass is 16.5. The number of para-hydroxylation sites is 2. The molecule has 4 nitrogen and oxygen atoms in total. The Kier molecular flexibility index (Phi) is 8.80. The minimum atomic E-state index is 0.0298. The third-order valence-electron chi connectivity index (χ3n) is 15.0. The van der Waals surface area contributed by atoms with Crippen molar-refractivity contribution in [1.29, 1.82) is 0 Å². The molecule has 1 aromatic heterocycles. The molecule has 0 amide bonds. The summed E-state index contributed by atoms with van der Waals surface area (Å²) in [7, 11) is 0. The van der Waals surface area contributed by atoms with Gasteiger partial charge in [-0.1, -0.05) is 129 Å². The molecule has 12 rings (SSSR count). The number of hydrogen-bond acceptors (Lipinski definition) is 3. The molecule has 304 valence electrons. The van der Waals surface area contributed by atoms with E-state index in [-0.39, 0.29) is 23.6 Å². The number of anilines is 3. The molecule has 4 aromatic rings. The van der Waals surface area contributed by atoms with Crippen LogP contribution >= 0.6 is 0 Å². The van der Waals surface area contributed by atoms with Crippen LogP contribution in [0, 0.1) is 5.92 Å². The zero-order valence-corrected chi connectivity index (χ0v) is 35.5. The van der Waals surface area contributed by atoms with Gasteiger partial charge in [0.15, 0.2) is 0 Å². The first-order valence-electron chi connectivity index (χ1n) is 23.0. The van der Waals surface area contributed by atoms with E-state index in [9.17, 15) is 0 Å². The van der Waals surface area contributed by atoms with Crippen LogP contribution in [-0.4, -0.2) is 16.7 Å². The number of benzene rings is 3. The van der Waals surface area contributed by atoms with E-state index in [4.69, 9.17) is 4.74 Å². The molecule has 61 heavy (non-hydrogen) atoms. The number of nitrogens with zero attached hydrogens (tertiary/aromatic N) is 3. The van der Waals surface area contributed by atoms with Crippen molar-refractivity contribution in [3.63, 3.8) is 0 Å². The van der Waals surface area contributed by atoms with E-state index >= 15 is 0 Å². The van der Waals surface area contributed by atoms with Crippen molar-refractivity contribution in [3.8, 4) is 0 Å². The van der Waals surface area contributed by atoms with Gasteiger partial charge in [-0.15, -0.1) is 0 Å². The molecule has 0 saturated carbocycles. The average molecular weight is 798 g/mol. The third kappa shape index (κ3) is 5.92. The molecule has 0 saturated heterocycles. The Balaban J connectivity index is 0.845. The summed E-state index contributed by atoms with van der Waals surface area (Å²) in [4.78, 5) is 5.16. The van der Waals surface area contributed by atoms with Crippen LogP contribution in [0.4, 0.5) is 17.1 Å². The van der Waals surface area contributed by atoms with Crippen molar-refractivity contribution < 1.29 is 4.74 Å². The van der Waals surface area contributed by atoms with Crippen LogP contribution < -0.4 is 9.80 Å². The van der Waals surface area contributed by atoms with Crippen LogP contribution in [0.3, 0.4) is 0 Å². The van der Waals surface area contributed by atoms with Crippen LogP contribution in [0.2, 0.25) is 0 Å². The lowest BCUT2D eigenvalue weighted by atomic mass is 9.78. The molecule has 5 unspecified atom stereocenters. The molecule has 8 aliphatic rings. The van der Waals surface area contributed by atoms with Gasteiger partial charge in [-0.3, -0.25) is 0 Å². The number of ether oxygens (including phenoxy) is 1. The summed E-state index contributed by atoms with van der Waals surface area (Å²) in [6.07, 6.45) is 41.1. The van der Waals surface area contributed by atoms with Crippen LogP contribution in [-0.2, 0) is 16.6 Å². The maximum absolute atomic E-state index is 6.83. The zero-order valence-electron chi connectivity index (χ0n) is 35.5. The Morgan fingerprint density at radius 2 is 1.44 bits per heavy atom. The van der Waals surface area contributed by atoms with E-state index in [0.717, 1.165) is 57.8 Å². The van der Waals surface area contributed by atoms with Gasteiger partial charge in [-0.25, -0.2) is 0 Å². The van der Waals surface area contributed by atoms with Gasteiger partial charge in [0.2, 0.25) is 0 Å². The number of rotatable bonds is 7. The summed E-state index contributed by atoms with van der Waals surface area (Å²) in [5.74, 6) is 1.53. The van der Waals surface area contributed by atoms with Gasteiger partial charge >= 0.3 is 0 Å². The molecule has 0 N–H and O–H groups in total. The van der Waals surface area contributed by atoms with Crippen LogP contribution in [0.5, 0.6) is 0 Å². The largest absolute Gasteiger partial charge is 0.489 e. The normalized spacial score (nSPS) is 25.9. The van der Waals surface area contributed by atoms with Gasteiger partial charge in [0.25, 0.3) is 0 Å². The second-order valence-corrected chi connectivity index (χ2v) is 18.7. The number of fused-ring (bicyclic) bond motifs is 8. The van der Waals surface area contributed by atoms with Crippen LogP contribution in [0.25, 0.3) is 17.7 Å². The monoisotopic (exact) mass is 797 g/mol. The number of hydrogen-bond donors (Lipinski definition) is 0. The van der Waals surface area contributed by atoms with Crippen LogP contribution in [0.15, 0.2) is 168 Å². The van der Waals surface area contributed by atoms with Gasteiger partial charge < -0.3 is 19.1 Å².